The number of aromatic amines is 1. The van der Waals surface area contributed by atoms with Gasteiger partial charge in [-0.15, -0.1) is 0 Å². The molecule has 0 aromatic carbocycles. The van der Waals surface area contributed by atoms with Crippen molar-refractivity contribution in [2.24, 2.45) is 12.8 Å². The van der Waals surface area contributed by atoms with Crippen molar-refractivity contribution in [2.45, 2.75) is 6.54 Å². The average Bonchev–Trinajstić information content (AvgIpc) is 2.74. The van der Waals surface area contributed by atoms with Crippen LogP contribution in [0.1, 0.15) is 5.69 Å². The van der Waals surface area contributed by atoms with Crippen LogP contribution in [-0.2, 0) is 13.6 Å². The lowest BCUT2D eigenvalue weighted by atomic mass is 10.2. The second kappa shape index (κ2) is 3.59. The number of nitrogens with two attached hydrogens (primary N) is 1. The first-order valence-electron chi connectivity index (χ1n) is 4.28. The molecule has 0 fully saturated rings. The highest BCUT2D eigenvalue weighted by atomic mass is 79.9. The molecule has 74 valence electrons. The molecule has 0 saturated heterocycles. The third-order valence-electron chi connectivity index (χ3n) is 2.12. The molecule has 0 spiro atoms. The highest BCUT2D eigenvalue weighted by Crippen LogP contribution is 2.29. The van der Waals surface area contributed by atoms with Gasteiger partial charge < -0.3 is 10.7 Å². The summed E-state index contributed by atoms with van der Waals surface area (Å²) >= 11 is 3.51. The normalized spacial score (nSPS) is 10.8. The van der Waals surface area contributed by atoms with Crippen LogP contribution in [-0.4, -0.2) is 14.8 Å². The Bertz CT molecular complexity index is 430. The molecule has 2 aromatic rings. The van der Waals surface area contributed by atoms with Crippen LogP contribution in [0.4, 0.5) is 0 Å². The molecule has 0 radical (unpaired) electrons. The van der Waals surface area contributed by atoms with Gasteiger partial charge in [0.05, 0.1) is 15.9 Å². The van der Waals surface area contributed by atoms with Crippen molar-refractivity contribution in [3.8, 4) is 11.3 Å². The van der Waals surface area contributed by atoms with Crippen molar-refractivity contribution in [1.29, 1.82) is 0 Å². The number of nitrogens with zero attached hydrogens (tertiary/aromatic N) is 2. The minimum absolute atomic E-state index is 0.443. The number of H-pyrrole nitrogens is 1. The van der Waals surface area contributed by atoms with E-state index >= 15 is 0 Å². The number of nitrogens with one attached hydrogen (secondary N) is 1. The van der Waals surface area contributed by atoms with E-state index in [2.05, 4.69) is 26.0 Å². The van der Waals surface area contributed by atoms with Crippen molar-refractivity contribution < 1.29 is 0 Å². The maximum atomic E-state index is 5.57. The molecule has 0 aliphatic rings. The molecule has 2 heterocycles. The molecule has 0 bridgehead atoms. The average molecular weight is 255 g/mol. The molecular weight excluding hydrogens is 244 g/mol. The summed E-state index contributed by atoms with van der Waals surface area (Å²) < 4.78 is 2.80. The second-order valence-electron chi connectivity index (χ2n) is 3.04. The first-order valence-corrected chi connectivity index (χ1v) is 5.08. The van der Waals surface area contributed by atoms with Gasteiger partial charge in [0, 0.05) is 31.5 Å². The Labute approximate surface area is 90.2 Å². The summed E-state index contributed by atoms with van der Waals surface area (Å²) in [6, 6.07) is 2.00. The molecule has 0 aliphatic carbocycles. The molecule has 0 unspecified atom stereocenters. The molecule has 3 N–H and O–H groups in total. The quantitative estimate of drug-likeness (QED) is 0.856. The van der Waals surface area contributed by atoms with E-state index in [1.807, 2.05) is 30.2 Å². The van der Waals surface area contributed by atoms with Crippen LogP contribution in [0, 0.1) is 0 Å². The van der Waals surface area contributed by atoms with Gasteiger partial charge in [0.2, 0.25) is 0 Å². The first kappa shape index (κ1) is 9.48. The van der Waals surface area contributed by atoms with Gasteiger partial charge in [-0.05, 0) is 22.0 Å². The number of aryl methyl sites for hydroxylation is 1. The predicted molar refractivity (Wildman–Crippen MR) is 58.6 cm³/mol. The molecule has 4 nitrogen and oxygen atoms in total. The number of halogens is 1. The lowest BCUT2D eigenvalue weighted by Crippen LogP contribution is -1.99. The van der Waals surface area contributed by atoms with Crippen molar-refractivity contribution in [3.05, 3.63) is 28.6 Å². The lowest BCUT2D eigenvalue weighted by molar-refractivity contribution is 0.749. The third-order valence-corrected chi connectivity index (χ3v) is 2.95. The predicted octanol–water partition coefficient (Wildman–Crippen LogP) is 1.64. The van der Waals surface area contributed by atoms with E-state index in [1.54, 1.807) is 0 Å². The Morgan fingerprint density at radius 3 is 2.93 bits per heavy atom. The molecule has 0 amide bonds. The van der Waals surface area contributed by atoms with Crippen LogP contribution in [0.5, 0.6) is 0 Å². The second-order valence-corrected chi connectivity index (χ2v) is 3.83. The first-order chi connectivity index (χ1) is 6.74. The Hall–Kier alpha value is -1.07. The molecule has 0 atom stereocenters. The van der Waals surface area contributed by atoms with Gasteiger partial charge in [-0.3, -0.25) is 4.68 Å². The summed E-state index contributed by atoms with van der Waals surface area (Å²) in [4.78, 5) is 3.02. The number of aromatic nitrogens is 3. The van der Waals surface area contributed by atoms with Gasteiger partial charge in [0.1, 0.15) is 0 Å². The summed E-state index contributed by atoms with van der Waals surface area (Å²) in [5, 5.41) is 4.32. The highest BCUT2D eigenvalue weighted by molar-refractivity contribution is 9.10. The number of rotatable bonds is 2. The van der Waals surface area contributed by atoms with E-state index < -0.39 is 0 Å². The van der Waals surface area contributed by atoms with E-state index in [1.165, 1.54) is 0 Å². The summed E-state index contributed by atoms with van der Waals surface area (Å²) in [7, 11) is 1.91. The molecule has 0 saturated carbocycles. The fraction of sp³-hybridized carbons (Fsp3) is 0.222. The fourth-order valence-corrected chi connectivity index (χ4v) is 2.20. The monoisotopic (exact) mass is 254 g/mol. The summed E-state index contributed by atoms with van der Waals surface area (Å²) in [5.74, 6) is 0. The van der Waals surface area contributed by atoms with Crippen molar-refractivity contribution in [1.82, 2.24) is 14.8 Å². The number of hydrogen-bond donors (Lipinski definition) is 2. The van der Waals surface area contributed by atoms with E-state index in [9.17, 15) is 0 Å². The Morgan fingerprint density at radius 2 is 2.43 bits per heavy atom. The molecule has 2 aromatic heterocycles. The lowest BCUT2D eigenvalue weighted by Gasteiger charge is -1.98. The largest absolute Gasteiger partial charge is 0.367 e. The SMILES string of the molecule is Cn1nc(CN)c(Br)c1-c1cc[nH]c1. The van der Waals surface area contributed by atoms with Gasteiger partial charge in [-0.2, -0.15) is 5.10 Å². The van der Waals surface area contributed by atoms with E-state index in [0.717, 1.165) is 21.4 Å². The van der Waals surface area contributed by atoms with Gasteiger partial charge in [-0.25, -0.2) is 0 Å². The summed E-state index contributed by atoms with van der Waals surface area (Å²) in [6.45, 7) is 0.443. The van der Waals surface area contributed by atoms with Crippen LogP contribution in [0.25, 0.3) is 11.3 Å². The van der Waals surface area contributed by atoms with Gasteiger partial charge >= 0.3 is 0 Å². The maximum absolute atomic E-state index is 5.57. The third kappa shape index (κ3) is 1.38. The molecule has 5 heteroatoms. The topological polar surface area (TPSA) is 59.6 Å². The van der Waals surface area contributed by atoms with Gasteiger partial charge in [-0.1, -0.05) is 0 Å². The van der Waals surface area contributed by atoms with Gasteiger partial charge in [0.25, 0.3) is 0 Å². The van der Waals surface area contributed by atoms with Crippen LogP contribution >= 0.6 is 15.9 Å². The Morgan fingerprint density at radius 1 is 1.64 bits per heavy atom. The molecular formula is C9H11BrN4. The van der Waals surface area contributed by atoms with Crippen molar-refractivity contribution in [3.63, 3.8) is 0 Å². The van der Waals surface area contributed by atoms with Crippen molar-refractivity contribution in [2.75, 3.05) is 0 Å². The minimum atomic E-state index is 0.443. The van der Waals surface area contributed by atoms with Crippen LogP contribution in [0.15, 0.2) is 22.9 Å². The van der Waals surface area contributed by atoms with E-state index in [-0.39, 0.29) is 0 Å². The maximum Gasteiger partial charge on any atom is 0.0908 e. The van der Waals surface area contributed by atoms with Crippen LogP contribution < -0.4 is 5.73 Å². The molecule has 2 rings (SSSR count). The molecule has 14 heavy (non-hydrogen) atoms. The van der Waals surface area contributed by atoms with E-state index in [4.69, 9.17) is 5.73 Å². The van der Waals surface area contributed by atoms with Crippen LogP contribution in [0.2, 0.25) is 0 Å². The highest BCUT2D eigenvalue weighted by Gasteiger charge is 2.14. The zero-order valence-electron chi connectivity index (χ0n) is 7.79. The smallest absolute Gasteiger partial charge is 0.0908 e. The van der Waals surface area contributed by atoms with E-state index in [0.29, 0.717) is 6.54 Å². The summed E-state index contributed by atoms with van der Waals surface area (Å²) in [6.07, 6.45) is 3.82. The van der Waals surface area contributed by atoms with Gasteiger partial charge in [0.15, 0.2) is 0 Å². The van der Waals surface area contributed by atoms with Crippen LogP contribution in [0.3, 0.4) is 0 Å². The van der Waals surface area contributed by atoms with Crippen molar-refractivity contribution >= 4 is 15.9 Å². The Kier molecular flexibility index (Phi) is 2.43. The number of hydrogen-bond acceptors (Lipinski definition) is 2. The summed E-state index contributed by atoms with van der Waals surface area (Å²) in [5.41, 5.74) is 8.60. The molecule has 0 aliphatic heterocycles. The minimum Gasteiger partial charge on any atom is -0.367 e. The Balaban J connectivity index is 2.58. The zero-order chi connectivity index (χ0) is 10.1. The fourth-order valence-electron chi connectivity index (χ4n) is 1.47. The standard InChI is InChI=1S/C9H11BrN4/c1-14-9(6-2-3-12-5-6)8(10)7(4-11)13-14/h2-3,5,12H,4,11H2,1H3. The zero-order valence-corrected chi connectivity index (χ0v) is 9.37.